The van der Waals surface area contributed by atoms with E-state index in [1.54, 1.807) is 19.2 Å². The summed E-state index contributed by atoms with van der Waals surface area (Å²) in [5, 5.41) is 14.6. The van der Waals surface area contributed by atoms with Crippen LogP contribution in [0.4, 0.5) is 11.4 Å². The predicted octanol–water partition coefficient (Wildman–Crippen LogP) is 2.16. The minimum atomic E-state index is -0.222. The van der Waals surface area contributed by atoms with Crippen LogP contribution in [0.1, 0.15) is 10.4 Å². The van der Waals surface area contributed by atoms with Crippen LogP contribution >= 0.6 is 0 Å². The number of rotatable bonds is 6. The fourth-order valence-corrected chi connectivity index (χ4v) is 1.88. The Morgan fingerprint density at radius 2 is 1.86 bits per heavy atom. The maximum Gasteiger partial charge on any atom is 0.253 e. The highest BCUT2D eigenvalue weighted by atomic mass is 16.5. The molecule has 1 amide bonds. The molecular formula is C16H18N2O3. The van der Waals surface area contributed by atoms with Crippen molar-refractivity contribution in [1.29, 1.82) is 0 Å². The van der Waals surface area contributed by atoms with E-state index in [1.807, 2.05) is 36.4 Å². The van der Waals surface area contributed by atoms with Gasteiger partial charge in [-0.1, -0.05) is 12.1 Å². The number of carbonyl (C=O) groups excluding carboxylic acids is 1. The number of aliphatic hydroxyl groups is 1. The second-order valence-corrected chi connectivity index (χ2v) is 4.38. The van der Waals surface area contributed by atoms with E-state index in [9.17, 15) is 4.79 Å². The summed E-state index contributed by atoms with van der Waals surface area (Å²) < 4.78 is 5.11. The van der Waals surface area contributed by atoms with E-state index >= 15 is 0 Å². The van der Waals surface area contributed by atoms with Crippen molar-refractivity contribution in [3.8, 4) is 5.75 Å². The fraction of sp³-hybridized carbons (Fsp3) is 0.188. The molecule has 0 radical (unpaired) electrons. The van der Waals surface area contributed by atoms with Crippen LogP contribution in [0.2, 0.25) is 0 Å². The summed E-state index contributed by atoms with van der Waals surface area (Å²) in [6, 6.07) is 14.7. The van der Waals surface area contributed by atoms with Gasteiger partial charge in [-0.05, 0) is 36.4 Å². The standard InChI is InChI=1S/C16H18N2O3/c1-21-13-8-6-12(7-9-13)18-15-5-3-2-4-14(15)16(20)17-10-11-19/h2-9,18-19H,10-11H2,1H3,(H,17,20). The zero-order chi connectivity index (χ0) is 15.1. The van der Waals surface area contributed by atoms with Crippen molar-refractivity contribution in [2.75, 3.05) is 25.6 Å². The van der Waals surface area contributed by atoms with Crippen molar-refractivity contribution >= 4 is 17.3 Å². The number of anilines is 2. The molecule has 21 heavy (non-hydrogen) atoms. The number of benzene rings is 2. The number of hydrogen-bond donors (Lipinski definition) is 3. The molecule has 5 nitrogen and oxygen atoms in total. The van der Waals surface area contributed by atoms with Crippen molar-refractivity contribution in [2.24, 2.45) is 0 Å². The third kappa shape index (κ3) is 3.97. The molecule has 2 aromatic carbocycles. The van der Waals surface area contributed by atoms with Crippen molar-refractivity contribution in [3.63, 3.8) is 0 Å². The highest BCUT2D eigenvalue weighted by Crippen LogP contribution is 2.22. The van der Waals surface area contributed by atoms with Gasteiger partial charge in [-0.15, -0.1) is 0 Å². The SMILES string of the molecule is COc1ccc(Nc2ccccc2C(=O)NCCO)cc1. The summed E-state index contributed by atoms with van der Waals surface area (Å²) in [4.78, 5) is 12.0. The molecule has 2 aromatic rings. The third-order valence-electron chi connectivity index (χ3n) is 2.94. The molecule has 0 aliphatic rings. The molecule has 3 N–H and O–H groups in total. The van der Waals surface area contributed by atoms with Gasteiger partial charge < -0.3 is 20.5 Å². The van der Waals surface area contributed by atoms with E-state index in [-0.39, 0.29) is 19.1 Å². The molecule has 0 unspecified atom stereocenters. The Labute approximate surface area is 123 Å². The van der Waals surface area contributed by atoms with Crippen LogP contribution in [-0.4, -0.2) is 31.3 Å². The van der Waals surface area contributed by atoms with Gasteiger partial charge in [0.05, 0.1) is 25.0 Å². The molecule has 0 saturated heterocycles. The number of nitrogens with one attached hydrogen (secondary N) is 2. The number of para-hydroxylation sites is 1. The van der Waals surface area contributed by atoms with E-state index in [0.717, 1.165) is 11.4 Å². The largest absolute Gasteiger partial charge is 0.497 e. The minimum Gasteiger partial charge on any atom is -0.497 e. The zero-order valence-corrected chi connectivity index (χ0v) is 11.8. The van der Waals surface area contributed by atoms with Crippen molar-refractivity contribution < 1.29 is 14.6 Å². The van der Waals surface area contributed by atoms with Crippen molar-refractivity contribution in [3.05, 3.63) is 54.1 Å². The van der Waals surface area contributed by atoms with Crippen LogP contribution in [-0.2, 0) is 0 Å². The molecule has 110 valence electrons. The van der Waals surface area contributed by atoms with Crippen molar-refractivity contribution in [2.45, 2.75) is 0 Å². The monoisotopic (exact) mass is 286 g/mol. The quantitative estimate of drug-likeness (QED) is 0.761. The predicted molar refractivity (Wildman–Crippen MR) is 82.1 cm³/mol. The van der Waals surface area contributed by atoms with Gasteiger partial charge in [0.15, 0.2) is 0 Å². The van der Waals surface area contributed by atoms with E-state index in [4.69, 9.17) is 9.84 Å². The number of amides is 1. The van der Waals surface area contributed by atoms with E-state index in [2.05, 4.69) is 10.6 Å². The molecule has 0 heterocycles. The number of methoxy groups -OCH3 is 1. The molecule has 0 aliphatic carbocycles. The molecule has 0 aliphatic heterocycles. The van der Waals surface area contributed by atoms with Crippen LogP contribution in [0.15, 0.2) is 48.5 Å². The fourth-order valence-electron chi connectivity index (χ4n) is 1.88. The maximum atomic E-state index is 12.0. The van der Waals surface area contributed by atoms with Gasteiger partial charge >= 0.3 is 0 Å². The molecule has 0 aromatic heterocycles. The lowest BCUT2D eigenvalue weighted by molar-refractivity contribution is 0.0945. The molecule has 0 atom stereocenters. The molecule has 0 saturated carbocycles. The Bertz CT molecular complexity index is 597. The number of carbonyl (C=O) groups is 1. The smallest absolute Gasteiger partial charge is 0.253 e. The maximum absolute atomic E-state index is 12.0. The van der Waals surface area contributed by atoms with Crippen LogP contribution in [0.3, 0.4) is 0 Å². The zero-order valence-electron chi connectivity index (χ0n) is 11.8. The summed E-state index contributed by atoms with van der Waals surface area (Å²) in [5.74, 6) is 0.551. The average molecular weight is 286 g/mol. The van der Waals surface area contributed by atoms with Gasteiger partial charge in [-0.2, -0.15) is 0 Å². The Kier molecular flexibility index (Phi) is 5.17. The minimum absolute atomic E-state index is 0.0835. The van der Waals surface area contributed by atoms with Gasteiger partial charge in [-0.3, -0.25) is 4.79 Å². The first-order chi connectivity index (χ1) is 10.2. The van der Waals surface area contributed by atoms with Crippen molar-refractivity contribution in [1.82, 2.24) is 5.32 Å². The number of aliphatic hydroxyl groups excluding tert-OH is 1. The summed E-state index contributed by atoms with van der Waals surface area (Å²) in [7, 11) is 1.61. The summed E-state index contributed by atoms with van der Waals surface area (Å²) >= 11 is 0. The van der Waals surface area contributed by atoms with E-state index in [0.29, 0.717) is 11.3 Å². The molecule has 0 fully saturated rings. The summed E-state index contributed by atoms with van der Waals surface area (Å²) in [6.45, 7) is 0.148. The summed E-state index contributed by atoms with van der Waals surface area (Å²) in [5.41, 5.74) is 2.10. The van der Waals surface area contributed by atoms with Gasteiger partial charge in [0, 0.05) is 12.2 Å². The molecule has 0 spiro atoms. The molecular weight excluding hydrogens is 268 g/mol. The second kappa shape index (κ2) is 7.31. The van der Waals surface area contributed by atoms with Gasteiger partial charge in [0.2, 0.25) is 0 Å². The first kappa shape index (κ1) is 14.9. The highest BCUT2D eigenvalue weighted by molar-refractivity contribution is 6.00. The van der Waals surface area contributed by atoms with E-state index in [1.165, 1.54) is 0 Å². The van der Waals surface area contributed by atoms with Crippen LogP contribution in [0.25, 0.3) is 0 Å². The lowest BCUT2D eigenvalue weighted by atomic mass is 10.1. The van der Waals surface area contributed by atoms with E-state index < -0.39 is 0 Å². The Hall–Kier alpha value is -2.53. The molecule has 0 bridgehead atoms. The second-order valence-electron chi connectivity index (χ2n) is 4.38. The first-order valence-electron chi connectivity index (χ1n) is 6.63. The van der Waals surface area contributed by atoms with Crippen LogP contribution in [0, 0.1) is 0 Å². The topological polar surface area (TPSA) is 70.6 Å². The van der Waals surface area contributed by atoms with Crippen LogP contribution < -0.4 is 15.4 Å². The van der Waals surface area contributed by atoms with Crippen LogP contribution in [0.5, 0.6) is 5.75 Å². The van der Waals surface area contributed by atoms with Gasteiger partial charge in [0.25, 0.3) is 5.91 Å². The third-order valence-corrected chi connectivity index (χ3v) is 2.94. The molecule has 5 heteroatoms. The first-order valence-corrected chi connectivity index (χ1v) is 6.63. The molecule has 2 rings (SSSR count). The Morgan fingerprint density at radius 3 is 2.52 bits per heavy atom. The summed E-state index contributed by atoms with van der Waals surface area (Å²) in [6.07, 6.45) is 0. The normalized spacial score (nSPS) is 10.0. The van der Waals surface area contributed by atoms with Gasteiger partial charge in [0.1, 0.15) is 5.75 Å². The lowest BCUT2D eigenvalue weighted by Crippen LogP contribution is -2.26. The van der Waals surface area contributed by atoms with Gasteiger partial charge in [-0.25, -0.2) is 0 Å². The Balaban J connectivity index is 2.17. The Morgan fingerprint density at radius 1 is 1.14 bits per heavy atom. The number of ether oxygens (including phenoxy) is 1. The highest BCUT2D eigenvalue weighted by Gasteiger charge is 2.10. The average Bonchev–Trinajstić information content (AvgIpc) is 2.54. The lowest BCUT2D eigenvalue weighted by Gasteiger charge is -2.12. The number of hydrogen-bond acceptors (Lipinski definition) is 4.